The molecule has 4 aliphatic rings. The number of hydrogen-bond donors (Lipinski definition) is 0. The highest BCUT2D eigenvalue weighted by Crippen LogP contribution is 2.57. The molecule has 3 unspecified atom stereocenters. The molecule has 4 fully saturated rings. The molecule has 0 spiro atoms. The minimum Gasteiger partial charge on any atom is -0.299 e. The van der Waals surface area contributed by atoms with E-state index in [0.717, 1.165) is 30.6 Å². The maximum absolute atomic E-state index is 13.0. The highest BCUT2D eigenvalue weighted by molar-refractivity contribution is 5.81. The molecule has 4 rings (SSSR count). The molecule has 0 saturated heterocycles. The largest absolute Gasteiger partial charge is 0.299 e. The van der Waals surface area contributed by atoms with Crippen molar-refractivity contribution in [3.05, 3.63) is 12.2 Å². The third-order valence-electron chi connectivity index (χ3n) is 9.50. The van der Waals surface area contributed by atoms with E-state index in [-0.39, 0.29) is 0 Å². The average Bonchev–Trinajstić information content (AvgIpc) is 3.56. The van der Waals surface area contributed by atoms with Gasteiger partial charge in [0, 0.05) is 12.3 Å². The number of unbranched alkanes of at least 4 members (excludes halogenated alkanes) is 1. The quantitative estimate of drug-likeness (QED) is 0.266. The van der Waals surface area contributed by atoms with Crippen LogP contribution in [0.3, 0.4) is 0 Å². The molecule has 0 aromatic heterocycles. The monoisotopic (exact) mass is 398 g/mol. The predicted octanol–water partition coefficient (Wildman–Crippen LogP) is 8.42. The fraction of sp³-hybridized carbons (Fsp3) is 0.893. The normalized spacial score (nSPS) is 31.8. The number of rotatable bonds is 10. The number of Topliss-reactive ketones (excluding diaryl/α,β-unsaturated/α-hetero) is 1. The zero-order chi connectivity index (χ0) is 20.1. The number of fused-ring (bicyclic) bond motifs is 1. The summed E-state index contributed by atoms with van der Waals surface area (Å²) in [6, 6.07) is 0. The van der Waals surface area contributed by atoms with Crippen molar-refractivity contribution < 1.29 is 4.79 Å². The summed E-state index contributed by atoms with van der Waals surface area (Å²) in [6.45, 7) is 4.53. The molecule has 0 heterocycles. The Balaban J connectivity index is 1.14. The first-order chi connectivity index (χ1) is 14.2. The minimum atomic E-state index is 0.419. The summed E-state index contributed by atoms with van der Waals surface area (Å²) < 4.78 is 0. The van der Waals surface area contributed by atoms with E-state index in [1.165, 1.54) is 121 Å². The summed E-state index contributed by atoms with van der Waals surface area (Å²) in [5.74, 6) is 3.67. The maximum atomic E-state index is 13.0. The topological polar surface area (TPSA) is 17.1 Å². The Morgan fingerprint density at radius 3 is 2.28 bits per heavy atom. The SMILES string of the molecule is C=C(CCCCC(=O)C1CCCC2CCCCC21)C1(CCC2CCCCC2)CC1. The highest BCUT2D eigenvalue weighted by Gasteiger charge is 2.44. The first-order valence-electron chi connectivity index (χ1n) is 13.4. The van der Waals surface area contributed by atoms with Crippen LogP contribution < -0.4 is 0 Å². The number of allylic oxidation sites excluding steroid dienone is 1. The van der Waals surface area contributed by atoms with Gasteiger partial charge in [-0.2, -0.15) is 0 Å². The molecular weight excluding hydrogens is 352 g/mol. The van der Waals surface area contributed by atoms with Crippen LogP contribution in [0.25, 0.3) is 0 Å². The maximum Gasteiger partial charge on any atom is 0.136 e. The molecule has 3 atom stereocenters. The molecule has 1 nitrogen and oxygen atoms in total. The second kappa shape index (κ2) is 10.1. The predicted molar refractivity (Wildman–Crippen MR) is 123 cm³/mol. The molecule has 0 radical (unpaired) electrons. The van der Waals surface area contributed by atoms with E-state index in [2.05, 4.69) is 6.58 Å². The Labute approximate surface area is 180 Å². The van der Waals surface area contributed by atoms with Crippen LogP contribution in [0.15, 0.2) is 12.2 Å². The van der Waals surface area contributed by atoms with Gasteiger partial charge in [0.05, 0.1) is 0 Å². The molecule has 0 aliphatic heterocycles. The Morgan fingerprint density at radius 2 is 1.48 bits per heavy atom. The molecule has 4 saturated carbocycles. The number of hydrogen-bond acceptors (Lipinski definition) is 1. The van der Waals surface area contributed by atoms with Crippen molar-refractivity contribution in [3.63, 3.8) is 0 Å². The van der Waals surface area contributed by atoms with Crippen LogP contribution in [-0.4, -0.2) is 5.78 Å². The number of carbonyl (C=O) groups is 1. The van der Waals surface area contributed by atoms with Crippen LogP contribution >= 0.6 is 0 Å². The van der Waals surface area contributed by atoms with Crippen molar-refractivity contribution in [1.29, 1.82) is 0 Å². The lowest BCUT2D eigenvalue weighted by Crippen LogP contribution is -2.35. The van der Waals surface area contributed by atoms with Gasteiger partial charge in [0.1, 0.15) is 5.78 Å². The van der Waals surface area contributed by atoms with Gasteiger partial charge in [-0.3, -0.25) is 4.79 Å². The van der Waals surface area contributed by atoms with E-state index in [1.54, 1.807) is 0 Å². The van der Waals surface area contributed by atoms with E-state index < -0.39 is 0 Å². The molecule has 0 amide bonds. The second-order valence-electron chi connectivity index (χ2n) is 11.3. The van der Waals surface area contributed by atoms with Crippen molar-refractivity contribution in [1.82, 2.24) is 0 Å². The zero-order valence-corrected chi connectivity index (χ0v) is 19.1. The third-order valence-corrected chi connectivity index (χ3v) is 9.50. The summed E-state index contributed by atoms with van der Waals surface area (Å²) in [5, 5.41) is 0. The zero-order valence-electron chi connectivity index (χ0n) is 19.1. The molecule has 29 heavy (non-hydrogen) atoms. The summed E-state index contributed by atoms with van der Waals surface area (Å²) in [7, 11) is 0. The molecule has 0 aromatic rings. The molecule has 0 N–H and O–H groups in total. The number of carbonyl (C=O) groups excluding carboxylic acids is 1. The van der Waals surface area contributed by atoms with Crippen molar-refractivity contribution in [2.24, 2.45) is 29.1 Å². The van der Waals surface area contributed by atoms with Gasteiger partial charge in [-0.1, -0.05) is 76.4 Å². The van der Waals surface area contributed by atoms with Gasteiger partial charge < -0.3 is 0 Å². The highest BCUT2D eigenvalue weighted by atomic mass is 16.1. The van der Waals surface area contributed by atoms with Crippen LogP contribution in [-0.2, 0) is 4.79 Å². The van der Waals surface area contributed by atoms with Crippen molar-refractivity contribution in [2.45, 2.75) is 128 Å². The molecule has 1 heteroatoms. The number of ketones is 1. The standard InChI is InChI=1S/C28H46O/c1-22(28(20-21-28)19-18-23-11-3-2-4-12-23)10-5-8-17-27(29)26-16-9-14-24-13-6-7-15-25(24)26/h23-26H,1-21H2. The van der Waals surface area contributed by atoms with Gasteiger partial charge in [-0.05, 0) is 81.0 Å². The van der Waals surface area contributed by atoms with Gasteiger partial charge in [-0.15, -0.1) is 0 Å². The van der Waals surface area contributed by atoms with Crippen molar-refractivity contribution >= 4 is 5.78 Å². The van der Waals surface area contributed by atoms with Gasteiger partial charge in [0.25, 0.3) is 0 Å². The van der Waals surface area contributed by atoms with E-state index in [9.17, 15) is 4.79 Å². The van der Waals surface area contributed by atoms with Gasteiger partial charge in [-0.25, -0.2) is 0 Å². The molecule has 0 bridgehead atoms. The molecule has 164 valence electrons. The second-order valence-corrected chi connectivity index (χ2v) is 11.3. The summed E-state index contributed by atoms with van der Waals surface area (Å²) in [5.41, 5.74) is 2.05. The minimum absolute atomic E-state index is 0.419. The van der Waals surface area contributed by atoms with Crippen LogP contribution in [0.5, 0.6) is 0 Å². The van der Waals surface area contributed by atoms with E-state index in [4.69, 9.17) is 0 Å². The van der Waals surface area contributed by atoms with Crippen LogP contribution in [0.4, 0.5) is 0 Å². The van der Waals surface area contributed by atoms with Gasteiger partial charge in [0.15, 0.2) is 0 Å². The fourth-order valence-corrected chi connectivity index (χ4v) is 7.31. The lowest BCUT2D eigenvalue weighted by molar-refractivity contribution is -0.127. The third kappa shape index (κ3) is 5.56. The molecule has 4 aliphatic carbocycles. The summed E-state index contributed by atoms with van der Waals surface area (Å²) in [4.78, 5) is 13.0. The van der Waals surface area contributed by atoms with Crippen LogP contribution in [0.1, 0.15) is 128 Å². The Morgan fingerprint density at radius 1 is 0.793 bits per heavy atom. The van der Waals surface area contributed by atoms with Crippen LogP contribution in [0, 0.1) is 29.1 Å². The van der Waals surface area contributed by atoms with Gasteiger partial charge >= 0.3 is 0 Å². The van der Waals surface area contributed by atoms with E-state index >= 15 is 0 Å². The lowest BCUT2D eigenvalue weighted by Gasteiger charge is -2.40. The smallest absolute Gasteiger partial charge is 0.136 e. The Kier molecular flexibility index (Phi) is 7.57. The van der Waals surface area contributed by atoms with Crippen molar-refractivity contribution in [3.8, 4) is 0 Å². The molecule has 0 aromatic carbocycles. The van der Waals surface area contributed by atoms with E-state index in [1.807, 2.05) is 0 Å². The first-order valence-corrected chi connectivity index (χ1v) is 13.4. The molecular formula is C28H46O. The van der Waals surface area contributed by atoms with Gasteiger partial charge in [0.2, 0.25) is 0 Å². The van der Waals surface area contributed by atoms with E-state index in [0.29, 0.717) is 17.1 Å². The fourth-order valence-electron chi connectivity index (χ4n) is 7.31. The van der Waals surface area contributed by atoms with Crippen LogP contribution in [0.2, 0.25) is 0 Å². The summed E-state index contributed by atoms with van der Waals surface area (Å²) in [6.07, 6.45) is 26.7. The Hall–Kier alpha value is -0.590. The first kappa shape index (κ1) is 21.6. The lowest BCUT2D eigenvalue weighted by atomic mass is 9.64. The summed E-state index contributed by atoms with van der Waals surface area (Å²) >= 11 is 0. The van der Waals surface area contributed by atoms with Crippen molar-refractivity contribution in [2.75, 3.05) is 0 Å². The average molecular weight is 399 g/mol. The Bertz CT molecular complexity index is 549.